The summed E-state index contributed by atoms with van der Waals surface area (Å²) in [5, 5.41) is 3.06. The number of hydrogen-bond donors (Lipinski definition) is 1. The summed E-state index contributed by atoms with van der Waals surface area (Å²) in [4.78, 5) is 11.6. The highest BCUT2D eigenvalue weighted by atomic mass is 35.5. The Morgan fingerprint density at radius 3 is 2.76 bits per heavy atom. The molecule has 0 bridgehead atoms. The highest BCUT2D eigenvalue weighted by Crippen LogP contribution is 2.48. The van der Waals surface area contributed by atoms with E-state index in [2.05, 4.69) is 5.32 Å². The van der Waals surface area contributed by atoms with E-state index < -0.39 is 0 Å². The van der Waals surface area contributed by atoms with Gasteiger partial charge in [0.25, 0.3) is 0 Å². The number of carbonyl (C=O) groups excluding carboxylic acids is 1. The zero-order chi connectivity index (χ0) is 12.3. The molecule has 2 rings (SSSR count). The summed E-state index contributed by atoms with van der Waals surface area (Å²) in [5.41, 5.74) is 0.834. The molecule has 0 saturated heterocycles. The van der Waals surface area contributed by atoms with Crippen LogP contribution in [0.25, 0.3) is 0 Å². The van der Waals surface area contributed by atoms with Gasteiger partial charge >= 0.3 is 0 Å². The average Bonchev–Trinajstić information content (AvgIpc) is 3.10. The molecule has 0 heterocycles. The topological polar surface area (TPSA) is 38.3 Å². The molecule has 0 atom stereocenters. The van der Waals surface area contributed by atoms with Crippen LogP contribution in [0.2, 0.25) is 0 Å². The van der Waals surface area contributed by atoms with Crippen molar-refractivity contribution in [3.05, 3.63) is 29.8 Å². The largest absolute Gasteiger partial charge is 0.496 e. The summed E-state index contributed by atoms with van der Waals surface area (Å²) in [5.74, 6) is 1.19. The lowest BCUT2D eigenvalue weighted by Gasteiger charge is -2.20. The predicted molar refractivity (Wildman–Crippen MR) is 67.4 cm³/mol. The Morgan fingerprint density at radius 2 is 2.18 bits per heavy atom. The van der Waals surface area contributed by atoms with Crippen molar-refractivity contribution in [3.8, 4) is 5.75 Å². The third-order valence-electron chi connectivity index (χ3n) is 3.07. The Balaban J connectivity index is 2.18. The fourth-order valence-electron chi connectivity index (χ4n) is 2.04. The van der Waals surface area contributed by atoms with Crippen LogP contribution >= 0.6 is 11.6 Å². The van der Waals surface area contributed by atoms with E-state index in [9.17, 15) is 4.79 Å². The average molecular weight is 254 g/mol. The number of methoxy groups -OCH3 is 1. The number of nitrogens with one attached hydrogen (secondary N) is 1. The van der Waals surface area contributed by atoms with E-state index in [1.807, 2.05) is 24.3 Å². The van der Waals surface area contributed by atoms with Gasteiger partial charge in [-0.15, -0.1) is 11.6 Å². The Kier molecular flexibility index (Phi) is 3.57. The molecule has 17 heavy (non-hydrogen) atoms. The molecule has 1 aliphatic rings. The van der Waals surface area contributed by atoms with Crippen molar-refractivity contribution in [1.29, 1.82) is 0 Å². The monoisotopic (exact) mass is 253 g/mol. The maximum Gasteiger partial charge on any atom is 0.221 e. The Hall–Kier alpha value is -1.22. The van der Waals surface area contributed by atoms with E-state index >= 15 is 0 Å². The van der Waals surface area contributed by atoms with Gasteiger partial charge in [-0.3, -0.25) is 4.79 Å². The van der Waals surface area contributed by atoms with Crippen LogP contribution < -0.4 is 10.1 Å². The van der Waals surface area contributed by atoms with Gasteiger partial charge in [0.2, 0.25) is 5.91 Å². The first kappa shape index (κ1) is 12.2. The molecule has 3 nitrogen and oxygen atoms in total. The number of amides is 1. The molecule has 92 valence electrons. The molecule has 0 unspecified atom stereocenters. The van der Waals surface area contributed by atoms with Crippen molar-refractivity contribution < 1.29 is 9.53 Å². The summed E-state index contributed by atoms with van der Waals surface area (Å²) in [6.45, 7) is 0. The number of ether oxygens (including phenoxy) is 1. The highest BCUT2D eigenvalue weighted by molar-refractivity contribution is 6.18. The number of halogens is 1. The molecule has 0 aromatic heterocycles. The summed E-state index contributed by atoms with van der Waals surface area (Å²) < 4.78 is 5.34. The minimum absolute atomic E-state index is 0.00315. The van der Waals surface area contributed by atoms with Crippen LogP contribution in [0.15, 0.2) is 24.3 Å². The van der Waals surface area contributed by atoms with Crippen LogP contribution in [0.1, 0.15) is 24.8 Å². The molecule has 1 amide bonds. The predicted octanol–water partition coefficient (Wildman–Crippen LogP) is 2.43. The molecule has 1 aromatic carbocycles. The van der Waals surface area contributed by atoms with Crippen LogP contribution in [-0.4, -0.2) is 18.9 Å². The normalized spacial score (nSPS) is 16.4. The number of hydrogen-bond acceptors (Lipinski definition) is 2. The van der Waals surface area contributed by atoms with Gasteiger partial charge in [0.1, 0.15) is 5.75 Å². The van der Waals surface area contributed by atoms with Crippen molar-refractivity contribution in [2.75, 3.05) is 13.0 Å². The van der Waals surface area contributed by atoms with Gasteiger partial charge < -0.3 is 10.1 Å². The van der Waals surface area contributed by atoms with Gasteiger partial charge in [0, 0.05) is 17.9 Å². The van der Waals surface area contributed by atoms with Crippen molar-refractivity contribution in [3.63, 3.8) is 0 Å². The summed E-state index contributed by atoms with van der Waals surface area (Å²) in [6, 6.07) is 7.82. The first-order valence-electron chi connectivity index (χ1n) is 5.72. The van der Waals surface area contributed by atoms with E-state index in [1.165, 1.54) is 0 Å². The minimum Gasteiger partial charge on any atom is -0.496 e. The fraction of sp³-hybridized carbons (Fsp3) is 0.462. The zero-order valence-corrected chi connectivity index (χ0v) is 10.6. The Labute approximate surface area is 106 Å². The second kappa shape index (κ2) is 4.96. The highest BCUT2D eigenvalue weighted by Gasteiger charge is 2.47. The van der Waals surface area contributed by atoms with E-state index in [0.717, 1.165) is 24.2 Å². The molecular weight excluding hydrogens is 238 g/mol. The number of alkyl halides is 1. The van der Waals surface area contributed by atoms with Crippen molar-refractivity contribution in [1.82, 2.24) is 5.32 Å². The number of para-hydroxylation sites is 1. The number of carbonyl (C=O) groups is 1. The molecule has 4 heteroatoms. The maximum atomic E-state index is 11.6. The van der Waals surface area contributed by atoms with Gasteiger partial charge in [0.15, 0.2) is 0 Å². The van der Waals surface area contributed by atoms with Crippen LogP contribution in [0, 0.1) is 0 Å². The molecule has 0 spiro atoms. The first-order chi connectivity index (χ1) is 8.22. The molecule has 0 radical (unpaired) electrons. The van der Waals surface area contributed by atoms with E-state index in [1.54, 1.807) is 7.11 Å². The number of benzene rings is 1. The van der Waals surface area contributed by atoms with Crippen LogP contribution in [0.5, 0.6) is 5.75 Å². The lowest BCUT2D eigenvalue weighted by molar-refractivity contribution is -0.121. The second-order valence-electron chi connectivity index (χ2n) is 4.27. The molecular formula is C13H16ClNO2. The van der Waals surface area contributed by atoms with E-state index in [-0.39, 0.29) is 11.4 Å². The minimum atomic E-state index is -0.226. The smallest absolute Gasteiger partial charge is 0.221 e. The number of rotatable bonds is 5. The summed E-state index contributed by atoms with van der Waals surface area (Å²) in [7, 11) is 1.65. The van der Waals surface area contributed by atoms with Crippen LogP contribution in [0.4, 0.5) is 0 Å². The first-order valence-corrected chi connectivity index (χ1v) is 6.26. The van der Waals surface area contributed by atoms with E-state index in [0.29, 0.717) is 12.3 Å². The SMILES string of the molecule is COc1ccccc1C1(NC(=O)CCCl)CC1. The molecule has 1 N–H and O–H groups in total. The quantitative estimate of drug-likeness (QED) is 0.819. The van der Waals surface area contributed by atoms with Gasteiger partial charge in [-0.05, 0) is 18.9 Å². The van der Waals surface area contributed by atoms with Crippen molar-refractivity contribution >= 4 is 17.5 Å². The second-order valence-corrected chi connectivity index (χ2v) is 4.65. The Morgan fingerprint density at radius 1 is 1.47 bits per heavy atom. The molecule has 1 fully saturated rings. The van der Waals surface area contributed by atoms with Crippen LogP contribution in [0.3, 0.4) is 0 Å². The zero-order valence-electron chi connectivity index (χ0n) is 9.83. The third-order valence-corrected chi connectivity index (χ3v) is 3.26. The van der Waals surface area contributed by atoms with Gasteiger partial charge in [-0.2, -0.15) is 0 Å². The van der Waals surface area contributed by atoms with Gasteiger partial charge in [0.05, 0.1) is 12.6 Å². The lowest BCUT2D eigenvalue weighted by atomic mass is 10.0. The van der Waals surface area contributed by atoms with E-state index in [4.69, 9.17) is 16.3 Å². The molecule has 1 aliphatic carbocycles. The standard InChI is InChI=1S/C13H16ClNO2/c1-17-11-5-3-2-4-10(11)13(7-8-13)15-12(16)6-9-14/h2-5H,6-9H2,1H3,(H,15,16). The summed E-state index contributed by atoms with van der Waals surface area (Å²) >= 11 is 5.56. The Bertz CT molecular complexity index is 416. The maximum absolute atomic E-state index is 11.6. The van der Waals surface area contributed by atoms with Crippen LogP contribution in [-0.2, 0) is 10.3 Å². The lowest BCUT2D eigenvalue weighted by Crippen LogP contribution is -2.35. The molecule has 0 aliphatic heterocycles. The van der Waals surface area contributed by atoms with Crippen molar-refractivity contribution in [2.45, 2.75) is 24.8 Å². The molecule has 1 saturated carbocycles. The third kappa shape index (κ3) is 2.55. The molecule has 1 aromatic rings. The van der Waals surface area contributed by atoms with Crippen molar-refractivity contribution in [2.24, 2.45) is 0 Å². The van der Waals surface area contributed by atoms with Gasteiger partial charge in [-0.1, -0.05) is 18.2 Å². The summed E-state index contributed by atoms with van der Waals surface area (Å²) in [6.07, 6.45) is 2.28. The van der Waals surface area contributed by atoms with Gasteiger partial charge in [-0.25, -0.2) is 0 Å². The fourth-order valence-corrected chi connectivity index (χ4v) is 2.21.